The molecule has 1 amide bonds. The number of likely N-dealkylation sites (N-methyl/N-ethyl adjacent to an activating group) is 1. The molecule has 0 spiro atoms. The zero-order valence-electron chi connectivity index (χ0n) is 41.9. The highest BCUT2D eigenvalue weighted by molar-refractivity contribution is 6.03. The van der Waals surface area contributed by atoms with Gasteiger partial charge in [0.1, 0.15) is 29.9 Å². The zero-order valence-corrected chi connectivity index (χ0v) is 41.9. The third-order valence-corrected chi connectivity index (χ3v) is 14.6. The summed E-state index contributed by atoms with van der Waals surface area (Å²) in [6.45, 7) is 6.91. The van der Waals surface area contributed by atoms with E-state index in [2.05, 4.69) is 43.8 Å². The molecule has 1 fully saturated rings. The molecule has 0 aromatic heterocycles. The van der Waals surface area contributed by atoms with Crippen molar-refractivity contribution in [1.82, 2.24) is 4.90 Å². The first-order valence-corrected chi connectivity index (χ1v) is 26.2. The Morgan fingerprint density at radius 3 is 2.24 bits per heavy atom. The molecule has 3 aliphatic rings. The molecule has 0 radical (unpaired) electrons. The van der Waals surface area contributed by atoms with Crippen LogP contribution in [0.5, 0.6) is 17.2 Å². The number of benzene rings is 4. The van der Waals surface area contributed by atoms with Crippen molar-refractivity contribution < 1.29 is 43.7 Å². The van der Waals surface area contributed by atoms with Gasteiger partial charge in [-0.1, -0.05) is 125 Å². The first-order chi connectivity index (χ1) is 34.7. The van der Waals surface area contributed by atoms with Gasteiger partial charge in [0.25, 0.3) is 5.69 Å². The van der Waals surface area contributed by atoms with Crippen molar-refractivity contribution in [2.75, 3.05) is 33.5 Å². The first kappa shape index (κ1) is 53.0. The lowest BCUT2D eigenvalue weighted by Crippen LogP contribution is -2.69. The summed E-state index contributed by atoms with van der Waals surface area (Å²) in [5.74, 6) is -0.188. The molecule has 0 saturated heterocycles. The van der Waals surface area contributed by atoms with Gasteiger partial charge in [-0.2, -0.15) is 0 Å². The molecular formula is C58H75N3O10. The molecule has 0 unspecified atom stereocenters. The largest absolute Gasteiger partial charge is 0.459 e. The second-order valence-electron chi connectivity index (χ2n) is 19.5. The van der Waals surface area contributed by atoms with Crippen LogP contribution >= 0.6 is 0 Å². The average Bonchev–Trinajstić information content (AvgIpc) is 3.38. The van der Waals surface area contributed by atoms with Crippen molar-refractivity contribution >= 4 is 28.3 Å². The number of aliphatic hydroxyl groups is 2. The van der Waals surface area contributed by atoms with Gasteiger partial charge < -0.3 is 38.9 Å². The molecule has 1 heterocycles. The monoisotopic (exact) mass is 974 g/mol. The van der Waals surface area contributed by atoms with E-state index in [1.165, 1.54) is 57.1 Å². The fraction of sp³-hybridized carbons (Fsp3) is 0.517. The summed E-state index contributed by atoms with van der Waals surface area (Å²) in [5.41, 5.74) is 3.16. The molecule has 1 aliphatic heterocycles. The maximum absolute atomic E-state index is 14.4. The number of unbranched alkanes of at least 4 members (excludes halogenated alkanes) is 11. The lowest BCUT2D eigenvalue weighted by atomic mass is 9.55. The number of nitrogens with zero attached hydrogens (tertiary/aromatic N) is 3. The van der Waals surface area contributed by atoms with Gasteiger partial charge in [-0.3, -0.25) is 10.1 Å². The summed E-state index contributed by atoms with van der Waals surface area (Å²) in [4.78, 5) is 33.1. The van der Waals surface area contributed by atoms with Crippen LogP contribution in [-0.4, -0.2) is 77.1 Å². The molecule has 1 saturated carbocycles. The highest BCUT2D eigenvalue weighted by Gasteiger charge is 2.65. The molecule has 4 aromatic carbocycles. The molecule has 13 nitrogen and oxygen atoms in total. The van der Waals surface area contributed by atoms with Crippen molar-refractivity contribution in [2.45, 2.75) is 140 Å². The van der Waals surface area contributed by atoms with Crippen molar-refractivity contribution in [2.24, 2.45) is 22.9 Å². The summed E-state index contributed by atoms with van der Waals surface area (Å²) >= 11 is 0. The smallest absolute Gasteiger partial charge is 0.409 e. The minimum Gasteiger partial charge on any atom is -0.459 e. The van der Waals surface area contributed by atoms with E-state index in [1.54, 1.807) is 30.2 Å². The number of ether oxygens (including phenoxy) is 4. The minimum absolute atomic E-state index is 0.0169. The van der Waals surface area contributed by atoms with Crippen LogP contribution in [0, 0.1) is 27.9 Å². The summed E-state index contributed by atoms with van der Waals surface area (Å²) in [7, 11) is 1.74. The Balaban J connectivity index is 1.27. The van der Waals surface area contributed by atoms with Crippen molar-refractivity contribution in [3.63, 3.8) is 0 Å². The molecule has 0 bridgehead atoms. The molecule has 4 aromatic rings. The first-order valence-electron chi connectivity index (χ1n) is 26.2. The van der Waals surface area contributed by atoms with E-state index in [0.717, 1.165) is 66.9 Å². The Labute approximate surface area is 420 Å². The third kappa shape index (κ3) is 13.4. The number of amides is 1. The molecule has 13 heteroatoms. The van der Waals surface area contributed by atoms with Crippen LogP contribution in [0.25, 0.3) is 10.8 Å². The van der Waals surface area contributed by atoms with E-state index < -0.39 is 28.8 Å². The van der Waals surface area contributed by atoms with Gasteiger partial charge in [0.15, 0.2) is 0 Å². The van der Waals surface area contributed by atoms with Gasteiger partial charge in [-0.15, -0.1) is 6.58 Å². The van der Waals surface area contributed by atoms with Gasteiger partial charge in [0, 0.05) is 50.3 Å². The standard InChI is InChI=1S/C58H75N3O10/c1-4-6-7-8-9-10-11-12-13-20-36-67-57(64)60(3)54-40-52(59-69-41-42-25-28-46(29-26-42)61(65)66)50-38-45(23-16-18-33-62)49(24-17-19-34-63)55-51-39-48(70-47-30-27-43-21-14-15-22-44(43)37-47)31-32-53(51)71-58(54,56(50)55)68-35-5-2/h5,14-15,21-22,25-32,37-39,45,49,54-56,62-63H,2,4,6-13,16-20,23-24,33-36,40-41H2,1,3H3/t45-,49+,54-,55+,56+,58+/m0/s1. The number of nitro benzene ring substituents is 1. The minimum atomic E-state index is -1.44. The van der Waals surface area contributed by atoms with Crippen LogP contribution in [0.1, 0.15) is 133 Å². The number of non-ortho nitro benzene ring substituents is 1. The quantitative estimate of drug-likeness (QED) is 0.0232. The van der Waals surface area contributed by atoms with E-state index in [9.17, 15) is 25.1 Å². The SMILES string of the molecule is C=CCO[C@@]12Oc3ccc(Oc4ccc5ccccc5c4)cc3[C@H]3[C@H](CCCCO)[C@@H](CCCCO)C=C(C(=NOCc4ccc([N+](=O)[O-])cc4)C[C@@H]1N(C)C(=O)OCCCCCCCCCCCC)[C@H]32. The molecule has 7 rings (SSSR count). The maximum atomic E-state index is 14.4. The van der Waals surface area contributed by atoms with Crippen LogP contribution in [0.15, 0.2) is 114 Å². The molecule has 6 atom stereocenters. The van der Waals surface area contributed by atoms with Crippen LogP contribution in [-0.2, 0) is 20.9 Å². The molecule has 2 aliphatic carbocycles. The number of nitro groups is 1. The molecular weight excluding hydrogens is 899 g/mol. The molecule has 2 N–H and O–H groups in total. The summed E-state index contributed by atoms with van der Waals surface area (Å²) in [6, 6.07) is 25.6. The Hall–Kier alpha value is -5.76. The highest BCUT2D eigenvalue weighted by Crippen LogP contribution is 2.62. The van der Waals surface area contributed by atoms with Crippen molar-refractivity contribution in [3.8, 4) is 17.2 Å². The predicted octanol–water partition coefficient (Wildman–Crippen LogP) is 13.4. The average molecular weight is 974 g/mol. The normalized spacial score (nSPS) is 21.7. The maximum Gasteiger partial charge on any atom is 0.409 e. The van der Waals surface area contributed by atoms with E-state index in [4.69, 9.17) is 28.9 Å². The summed E-state index contributed by atoms with van der Waals surface area (Å²) in [5, 5.41) is 38.5. The summed E-state index contributed by atoms with van der Waals surface area (Å²) < 4.78 is 27.1. The number of allylic oxidation sites excluding steroid dienone is 1. The topological polar surface area (TPSA) is 162 Å². The number of carbonyl (C=O) groups excluding carboxylic acids is 1. The number of fused-ring (bicyclic) bond motifs is 3. The highest BCUT2D eigenvalue weighted by atomic mass is 16.7. The van der Waals surface area contributed by atoms with Crippen molar-refractivity contribution in [1.29, 1.82) is 0 Å². The lowest BCUT2D eigenvalue weighted by molar-refractivity contribution is -0.384. The Morgan fingerprint density at radius 2 is 1.54 bits per heavy atom. The number of hydrogen-bond acceptors (Lipinski definition) is 11. The third-order valence-electron chi connectivity index (χ3n) is 14.6. The molecule has 382 valence electrons. The number of aliphatic hydroxyl groups excluding tert-OH is 2. The van der Waals surface area contributed by atoms with Crippen LogP contribution in [0.4, 0.5) is 10.5 Å². The zero-order chi connectivity index (χ0) is 50.0. The second-order valence-corrected chi connectivity index (χ2v) is 19.5. The van der Waals surface area contributed by atoms with E-state index in [1.807, 2.05) is 36.4 Å². The van der Waals surface area contributed by atoms with Gasteiger partial charge >= 0.3 is 6.09 Å². The Morgan fingerprint density at radius 1 is 0.859 bits per heavy atom. The number of carbonyl (C=O) groups is 1. The lowest BCUT2D eigenvalue weighted by Gasteiger charge is -2.59. The van der Waals surface area contributed by atoms with Gasteiger partial charge in [0.2, 0.25) is 5.79 Å². The number of oxime groups is 1. The van der Waals surface area contributed by atoms with Crippen LogP contribution < -0.4 is 9.47 Å². The fourth-order valence-electron chi connectivity index (χ4n) is 11.0. The van der Waals surface area contributed by atoms with Crippen LogP contribution in [0.2, 0.25) is 0 Å². The predicted molar refractivity (Wildman–Crippen MR) is 278 cm³/mol. The number of rotatable bonds is 29. The van der Waals surface area contributed by atoms with E-state index >= 15 is 0 Å². The Kier molecular flexibility index (Phi) is 19.9. The summed E-state index contributed by atoms with van der Waals surface area (Å²) in [6.07, 6.45) is 19.8. The van der Waals surface area contributed by atoms with Crippen molar-refractivity contribution in [3.05, 3.63) is 130 Å². The fourth-order valence-corrected chi connectivity index (χ4v) is 11.0. The second kappa shape index (κ2) is 26.6. The van der Waals surface area contributed by atoms with Gasteiger partial charge in [-0.05, 0) is 108 Å². The molecule has 71 heavy (non-hydrogen) atoms. The van der Waals surface area contributed by atoms with Gasteiger partial charge in [-0.25, -0.2) is 4.79 Å². The van der Waals surface area contributed by atoms with Crippen LogP contribution in [0.3, 0.4) is 0 Å². The van der Waals surface area contributed by atoms with Gasteiger partial charge in [0.05, 0.1) is 29.8 Å². The van der Waals surface area contributed by atoms with E-state index in [0.29, 0.717) is 41.4 Å². The van der Waals surface area contributed by atoms with E-state index in [-0.39, 0.29) is 62.9 Å². The number of hydrogen-bond donors (Lipinski definition) is 2. The Bertz CT molecular complexity index is 2420.